The molecule has 0 spiro atoms. The second-order valence-electron chi connectivity index (χ2n) is 8.11. The van der Waals surface area contributed by atoms with Crippen LogP contribution in [-0.4, -0.2) is 49.0 Å². The number of nitrogens with zero attached hydrogens (tertiary/aromatic N) is 2. The molecule has 0 radical (unpaired) electrons. The minimum Gasteiger partial charge on any atom is -0.497 e. The van der Waals surface area contributed by atoms with Crippen molar-refractivity contribution in [2.75, 3.05) is 32.6 Å². The van der Waals surface area contributed by atoms with Gasteiger partial charge in [0.15, 0.2) is 5.13 Å². The van der Waals surface area contributed by atoms with Gasteiger partial charge < -0.3 is 19.7 Å². The van der Waals surface area contributed by atoms with Crippen LogP contribution in [-0.2, 0) is 17.6 Å². The van der Waals surface area contributed by atoms with Gasteiger partial charge in [0, 0.05) is 35.5 Å². The molecule has 31 heavy (non-hydrogen) atoms. The number of thiazole rings is 1. The number of aryl methyl sites for hydroxylation is 2. The van der Waals surface area contributed by atoms with E-state index in [-0.39, 0.29) is 17.7 Å². The quantitative estimate of drug-likeness (QED) is 0.709. The molecule has 2 aliphatic rings. The zero-order valence-electron chi connectivity index (χ0n) is 18.1. The Morgan fingerprint density at radius 3 is 2.39 bits per heavy atom. The van der Waals surface area contributed by atoms with Crippen molar-refractivity contribution in [1.82, 2.24) is 9.88 Å². The summed E-state index contributed by atoms with van der Waals surface area (Å²) < 4.78 is 10.5. The topological polar surface area (TPSA) is 80.8 Å². The molecule has 0 saturated carbocycles. The third-order valence-electron chi connectivity index (χ3n) is 6.08. The summed E-state index contributed by atoms with van der Waals surface area (Å²) in [6.07, 6.45) is 7.00. The summed E-state index contributed by atoms with van der Waals surface area (Å²) in [5.74, 6) is 1.00. The Morgan fingerprint density at radius 1 is 1.03 bits per heavy atom. The number of hydrogen-bond donors (Lipinski definition) is 1. The van der Waals surface area contributed by atoms with Gasteiger partial charge in [-0.25, -0.2) is 4.98 Å². The van der Waals surface area contributed by atoms with Gasteiger partial charge in [-0.15, -0.1) is 11.3 Å². The van der Waals surface area contributed by atoms with Gasteiger partial charge in [0.05, 0.1) is 19.9 Å². The van der Waals surface area contributed by atoms with E-state index in [0.29, 0.717) is 43.0 Å². The van der Waals surface area contributed by atoms with E-state index >= 15 is 0 Å². The highest BCUT2D eigenvalue weighted by Gasteiger charge is 2.29. The lowest BCUT2D eigenvalue weighted by atomic mass is 9.95. The van der Waals surface area contributed by atoms with Crippen LogP contribution >= 0.6 is 11.3 Å². The van der Waals surface area contributed by atoms with E-state index in [1.54, 1.807) is 48.7 Å². The molecule has 1 aromatic carbocycles. The molecule has 8 heteroatoms. The van der Waals surface area contributed by atoms with E-state index < -0.39 is 0 Å². The Bertz CT molecular complexity index is 905. The van der Waals surface area contributed by atoms with Crippen molar-refractivity contribution in [2.45, 2.75) is 44.9 Å². The van der Waals surface area contributed by atoms with E-state index in [2.05, 4.69) is 10.3 Å². The third kappa shape index (κ3) is 5.01. The lowest BCUT2D eigenvalue weighted by Crippen LogP contribution is -2.41. The normalized spacial score (nSPS) is 16.9. The molecule has 2 amide bonds. The smallest absolute Gasteiger partial charge is 0.254 e. The first-order valence-electron chi connectivity index (χ1n) is 10.9. The first-order valence-corrected chi connectivity index (χ1v) is 11.7. The SMILES string of the molecule is COc1cc(OC)cc(C(=O)N2CCC(C(=O)Nc3nc4c(s3)CCCCC4)CC2)c1. The van der Waals surface area contributed by atoms with E-state index in [0.717, 1.165) is 23.7 Å². The number of anilines is 1. The standard InChI is InChI=1S/C23H29N3O4S/c1-29-17-12-16(13-18(14-17)30-2)22(28)26-10-8-15(9-11-26)21(27)25-23-24-19-6-4-3-5-7-20(19)31-23/h12-15H,3-11H2,1-2H3,(H,24,25,27). The molecular weight excluding hydrogens is 414 g/mol. The fourth-order valence-corrected chi connectivity index (χ4v) is 5.30. The minimum atomic E-state index is -0.104. The van der Waals surface area contributed by atoms with Crippen LogP contribution in [0.3, 0.4) is 0 Å². The van der Waals surface area contributed by atoms with Crippen LogP contribution in [0.15, 0.2) is 18.2 Å². The monoisotopic (exact) mass is 443 g/mol. The van der Waals surface area contributed by atoms with Gasteiger partial charge in [0.2, 0.25) is 5.91 Å². The van der Waals surface area contributed by atoms with Crippen LogP contribution in [0, 0.1) is 5.92 Å². The molecule has 0 unspecified atom stereocenters. The molecule has 4 rings (SSSR count). The number of carbonyl (C=O) groups excluding carboxylic acids is 2. The highest BCUT2D eigenvalue weighted by molar-refractivity contribution is 7.15. The van der Waals surface area contributed by atoms with E-state index in [1.807, 2.05) is 0 Å². The highest BCUT2D eigenvalue weighted by Crippen LogP contribution is 2.30. The van der Waals surface area contributed by atoms with Crippen LogP contribution in [0.5, 0.6) is 11.5 Å². The average Bonchev–Trinajstić information content (AvgIpc) is 3.05. The number of nitrogens with one attached hydrogen (secondary N) is 1. The van der Waals surface area contributed by atoms with Crippen molar-refractivity contribution < 1.29 is 19.1 Å². The maximum absolute atomic E-state index is 12.9. The molecule has 0 atom stereocenters. The van der Waals surface area contributed by atoms with Gasteiger partial charge in [-0.1, -0.05) is 6.42 Å². The highest BCUT2D eigenvalue weighted by atomic mass is 32.1. The zero-order chi connectivity index (χ0) is 21.8. The fraction of sp³-hybridized carbons (Fsp3) is 0.522. The molecule has 1 N–H and O–H groups in total. The molecule has 7 nitrogen and oxygen atoms in total. The van der Waals surface area contributed by atoms with Crippen LogP contribution in [0.25, 0.3) is 0 Å². The summed E-state index contributed by atoms with van der Waals surface area (Å²) in [5, 5.41) is 3.75. The number of methoxy groups -OCH3 is 2. The Balaban J connectivity index is 1.34. The lowest BCUT2D eigenvalue weighted by Gasteiger charge is -2.31. The lowest BCUT2D eigenvalue weighted by molar-refractivity contribution is -0.121. The van der Waals surface area contributed by atoms with Gasteiger partial charge in [0.1, 0.15) is 11.5 Å². The maximum Gasteiger partial charge on any atom is 0.254 e. The van der Waals surface area contributed by atoms with Crippen molar-refractivity contribution in [1.29, 1.82) is 0 Å². The van der Waals surface area contributed by atoms with Crippen LogP contribution in [0.4, 0.5) is 5.13 Å². The number of likely N-dealkylation sites (tertiary alicyclic amines) is 1. The van der Waals surface area contributed by atoms with Crippen molar-refractivity contribution in [3.63, 3.8) is 0 Å². The molecule has 2 heterocycles. The molecule has 1 aliphatic heterocycles. The number of piperidine rings is 1. The number of aromatic nitrogens is 1. The van der Waals surface area contributed by atoms with Gasteiger partial charge in [-0.2, -0.15) is 0 Å². The Kier molecular flexibility index (Phi) is 6.75. The molecular formula is C23H29N3O4S. The second-order valence-corrected chi connectivity index (χ2v) is 9.19. The number of ether oxygens (including phenoxy) is 2. The molecule has 1 aromatic heterocycles. The number of benzene rings is 1. The predicted octanol–water partition coefficient (Wildman–Crippen LogP) is 3.92. The summed E-state index contributed by atoms with van der Waals surface area (Å²) in [6, 6.07) is 5.18. The number of hydrogen-bond acceptors (Lipinski definition) is 6. The summed E-state index contributed by atoms with van der Waals surface area (Å²) in [6.45, 7) is 1.09. The van der Waals surface area contributed by atoms with Crippen LogP contribution < -0.4 is 14.8 Å². The van der Waals surface area contributed by atoms with Gasteiger partial charge in [-0.3, -0.25) is 9.59 Å². The molecule has 2 aromatic rings. The summed E-state index contributed by atoms with van der Waals surface area (Å²) in [7, 11) is 3.13. The summed E-state index contributed by atoms with van der Waals surface area (Å²) in [5.41, 5.74) is 1.69. The summed E-state index contributed by atoms with van der Waals surface area (Å²) in [4.78, 5) is 33.5. The zero-order valence-corrected chi connectivity index (χ0v) is 18.9. The van der Waals surface area contributed by atoms with Crippen LogP contribution in [0.1, 0.15) is 53.0 Å². The molecule has 166 valence electrons. The van der Waals surface area contributed by atoms with Crippen molar-refractivity contribution >= 4 is 28.3 Å². The van der Waals surface area contributed by atoms with E-state index in [9.17, 15) is 9.59 Å². The Hall–Kier alpha value is -2.61. The van der Waals surface area contributed by atoms with Crippen molar-refractivity contribution in [3.05, 3.63) is 34.3 Å². The summed E-state index contributed by atoms with van der Waals surface area (Å²) >= 11 is 1.62. The number of fused-ring (bicyclic) bond motifs is 1. The van der Waals surface area contributed by atoms with Crippen LogP contribution in [0.2, 0.25) is 0 Å². The first-order chi connectivity index (χ1) is 15.1. The number of amides is 2. The van der Waals surface area contributed by atoms with Gasteiger partial charge in [-0.05, 0) is 50.7 Å². The van der Waals surface area contributed by atoms with E-state index in [4.69, 9.17) is 9.47 Å². The van der Waals surface area contributed by atoms with Gasteiger partial charge >= 0.3 is 0 Å². The largest absolute Gasteiger partial charge is 0.497 e. The Labute approximate surface area is 186 Å². The minimum absolute atomic E-state index is 0.0130. The maximum atomic E-state index is 12.9. The Morgan fingerprint density at radius 2 is 1.71 bits per heavy atom. The predicted molar refractivity (Wildman–Crippen MR) is 120 cm³/mol. The average molecular weight is 444 g/mol. The fourth-order valence-electron chi connectivity index (χ4n) is 4.25. The third-order valence-corrected chi connectivity index (χ3v) is 7.15. The van der Waals surface area contributed by atoms with E-state index in [1.165, 1.54) is 24.1 Å². The number of carbonyl (C=O) groups is 2. The first kappa shape index (κ1) is 21.6. The molecule has 1 fully saturated rings. The number of rotatable bonds is 5. The molecule has 1 saturated heterocycles. The van der Waals surface area contributed by atoms with Crippen molar-refractivity contribution in [2.24, 2.45) is 5.92 Å². The van der Waals surface area contributed by atoms with Gasteiger partial charge in [0.25, 0.3) is 5.91 Å². The second kappa shape index (κ2) is 9.68. The molecule has 1 aliphatic carbocycles. The molecule has 0 bridgehead atoms. The van der Waals surface area contributed by atoms with Crippen molar-refractivity contribution in [3.8, 4) is 11.5 Å².